The number of benzene rings is 2. The highest BCUT2D eigenvalue weighted by molar-refractivity contribution is 7.80. The molecule has 0 spiro atoms. The van der Waals surface area contributed by atoms with Gasteiger partial charge in [-0.2, -0.15) is 26.3 Å². The number of halogens is 6. The second-order valence-electron chi connectivity index (χ2n) is 8.46. The van der Waals surface area contributed by atoms with E-state index < -0.39 is 35.2 Å². The fraction of sp³-hybridized carbons (Fsp3) is 0.417. The molecule has 2 aromatic rings. The fourth-order valence-electron chi connectivity index (χ4n) is 3.36. The molecule has 0 radical (unpaired) electrons. The lowest BCUT2D eigenvalue weighted by Crippen LogP contribution is -2.51. The van der Waals surface area contributed by atoms with E-state index in [1.807, 2.05) is 30.3 Å². The number of aryl methyl sites for hydroxylation is 1. The molecule has 192 valence electrons. The summed E-state index contributed by atoms with van der Waals surface area (Å²) < 4.78 is 78.6. The number of nitrogens with zero attached hydrogens (tertiary/aromatic N) is 1. The largest absolute Gasteiger partial charge is 0.416 e. The predicted molar refractivity (Wildman–Crippen MR) is 127 cm³/mol. The van der Waals surface area contributed by atoms with Gasteiger partial charge in [0.2, 0.25) is 5.91 Å². The molecule has 2 aromatic carbocycles. The molecule has 0 fully saturated rings. The van der Waals surface area contributed by atoms with Gasteiger partial charge in [0.25, 0.3) is 0 Å². The van der Waals surface area contributed by atoms with E-state index in [9.17, 15) is 31.1 Å². The first-order valence-electron chi connectivity index (χ1n) is 10.8. The maximum atomic E-state index is 13.1. The van der Waals surface area contributed by atoms with E-state index in [1.54, 1.807) is 20.9 Å². The van der Waals surface area contributed by atoms with Gasteiger partial charge in [0.15, 0.2) is 5.11 Å². The average molecular weight is 520 g/mol. The number of hydrogen-bond donors (Lipinski definition) is 2. The molecule has 0 saturated heterocycles. The highest BCUT2D eigenvalue weighted by Crippen LogP contribution is 2.37. The summed E-state index contributed by atoms with van der Waals surface area (Å²) in [5, 5.41) is 4.84. The third-order valence-corrected chi connectivity index (χ3v) is 5.46. The first-order chi connectivity index (χ1) is 16.2. The molecule has 0 saturated carbocycles. The minimum Gasteiger partial charge on any atom is -0.350 e. The standard InChI is InChI=1S/C24H27F6N3OS/c1-15(2)20(21(34)33(3)11-7-10-16-8-5-4-6-9-16)32-22(35)31-19-13-17(23(25,26)27)12-18(14-19)24(28,29)30/h4-6,8-9,12-15,20H,7,10-11H2,1-3H3,(H2,31,32,35)/t20-/m1/s1. The number of anilines is 1. The lowest BCUT2D eigenvalue weighted by Gasteiger charge is -2.28. The molecule has 2 rings (SSSR count). The summed E-state index contributed by atoms with van der Waals surface area (Å²) in [6.45, 7) is 3.96. The average Bonchev–Trinajstić information content (AvgIpc) is 2.76. The van der Waals surface area contributed by atoms with Gasteiger partial charge in [-0.15, -0.1) is 0 Å². The van der Waals surface area contributed by atoms with Gasteiger partial charge in [0.05, 0.1) is 11.1 Å². The number of carbonyl (C=O) groups is 1. The van der Waals surface area contributed by atoms with Crippen molar-refractivity contribution in [3.8, 4) is 0 Å². The van der Waals surface area contributed by atoms with Crippen LogP contribution in [0.15, 0.2) is 48.5 Å². The molecule has 0 heterocycles. The summed E-state index contributed by atoms with van der Waals surface area (Å²) in [5.74, 6) is -0.552. The first-order valence-corrected chi connectivity index (χ1v) is 11.2. The maximum absolute atomic E-state index is 13.1. The molecule has 0 aliphatic rings. The number of likely N-dealkylation sites (N-methyl/N-ethyl adjacent to an activating group) is 1. The number of thiocarbonyl (C=S) groups is 1. The zero-order valence-electron chi connectivity index (χ0n) is 19.4. The molecular formula is C24H27F6N3OS. The topological polar surface area (TPSA) is 44.4 Å². The van der Waals surface area contributed by atoms with E-state index in [2.05, 4.69) is 10.6 Å². The van der Waals surface area contributed by atoms with E-state index >= 15 is 0 Å². The molecule has 0 bridgehead atoms. The second kappa shape index (κ2) is 11.7. The molecule has 4 nitrogen and oxygen atoms in total. The lowest BCUT2D eigenvalue weighted by atomic mass is 10.0. The first kappa shape index (κ1) is 28.4. The lowest BCUT2D eigenvalue weighted by molar-refractivity contribution is -0.143. The smallest absolute Gasteiger partial charge is 0.350 e. The summed E-state index contributed by atoms with van der Waals surface area (Å²) >= 11 is 5.11. The zero-order chi connectivity index (χ0) is 26.4. The maximum Gasteiger partial charge on any atom is 0.416 e. The minimum absolute atomic E-state index is 0.0342. The van der Waals surface area contributed by atoms with Gasteiger partial charge >= 0.3 is 12.4 Å². The van der Waals surface area contributed by atoms with Gasteiger partial charge in [0, 0.05) is 19.3 Å². The van der Waals surface area contributed by atoms with Crippen LogP contribution in [0.1, 0.15) is 37.0 Å². The minimum atomic E-state index is -4.98. The molecule has 1 amide bonds. The van der Waals surface area contributed by atoms with Gasteiger partial charge in [0.1, 0.15) is 6.04 Å². The van der Waals surface area contributed by atoms with Gasteiger partial charge < -0.3 is 15.5 Å². The second-order valence-corrected chi connectivity index (χ2v) is 8.87. The molecular weight excluding hydrogens is 492 g/mol. The van der Waals surface area contributed by atoms with Crippen molar-refractivity contribution in [3.05, 3.63) is 65.2 Å². The number of nitrogens with one attached hydrogen (secondary N) is 2. The number of rotatable bonds is 8. The molecule has 1 atom stereocenters. The van der Waals surface area contributed by atoms with Gasteiger partial charge in [-0.25, -0.2) is 0 Å². The van der Waals surface area contributed by atoms with E-state index in [-0.39, 0.29) is 23.0 Å². The summed E-state index contributed by atoms with van der Waals surface area (Å²) in [4.78, 5) is 14.5. The summed E-state index contributed by atoms with van der Waals surface area (Å²) in [7, 11) is 1.63. The van der Waals surface area contributed by atoms with Crippen molar-refractivity contribution in [2.75, 3.05) is 18.9 Å². The molecule has 0 aromatic heterocycles. The third kappa shape index (κ3) is 8.72. The highest BCUT2D eigenvalue weighted by Gasteiger charge is 2.37. The Labute approximate surface area is 205 Å². The molecule has 11 heteroatoms. The monoisotopic (exact) mass is 519 g/mol. The van der Waals surface area contributed by atoms with Gasteiger partial charge in [-0.1, -0.05) is 44.2 Å². The summed E-state index contributed by atoms with van der Waals surface area (Å²) in [5.41, 5.74) is -2.29. The molecule has 35 heavy (non-hydrogen) atoms. The van der Waals surface area contributed by atoms with Crippen molar-refractivity contribution < 1.29 is 31.1 Å². The summed E-state index contributed by atoms with van der Waals surface area (Å²) in [6, 6.07) is 10.0. The fourth-order valence-corrected chi connectivity index (χ4v) is 3.61. The van der Waals surface area contributed by atoms with Crippen molar-refractivity contribution >= 4 is 28.9 Å². The van der Waals surface area contributed by atoms with Crippen LogP contribution in [-0.4, -0.2) is 35.6 Å². The number of hydrogen-bond acceptors (Lipinski definition) is 2. The van der Waals surface area contributed by atoms with Crippen molar-refractivity contribution in [2.45, 2.75) is 45.1 Å². The van der Waals surface area contributed by atoms with Crippen LogP contribution in [0.3, 0.4) is 0 Å². The van der Waals surface area contributed by atoms with E-state index in [0.29, 0.717) is 25.1 Å². The Hall–Kier alpha value is -2.82. The highest BCUT2D eigenvalue weighted by atomic mass is 32.1. The van der Waals surface area contributed by atoms with Crippen molar-refractivity contribution in [2.24, 2.45) is 5.92 Å². The predicted octanol–water partition coefficient (Wildman–Crippen LogP) is 6.13. The van der Waals surface area contributed by atoms with Crippen LogP contribution in [0.4, 0.5) is 32.0 Å². The SMILES string of the molecule is CC(C)[C@@H](NC(=S)Nc1cc(C(F)(F)F)cc(C(F)(F)F)c1)C(=O)N(C)CCCc1ccccc1. The number of alkyl halides is 6. The quantitative estimate of drug-likeness (QED) is 0.326. The third-order valence-electron chi connectivity index (χ3n) is 5.24. The normalized spacial score (nSPS) is 12.9. The Kier molecular flexibility index (Phi) is 9.53. The van der Waals surface area contributed by atoms with Crippen LogP contribution in [0.2, 0.25) is 0 Å². The van der Waals surface area contributed by atoms with Crippen LogP contribution >= 0.6 is 12.2 Å². The van der Waals surface area contributed by atoms with Crippen LogP contribution in [0.5, 0.6) is 0 Å². The molecule has 0 aliphatic heterocycles. The van der Waals surface area contributed by atoms with Crippen LogP contribution < -0.4 is 10.6 Å². The van der Waals surface area contributed by atoms with Crippen molar-refractivity contribution in [1.29, 1.82) is 0 Å². The number of carbonyl (C=O) groups excluding carboxylic acids is 1. The zero-order valence-corrected chi connectivity index (χ0v) is 20.2. The van der Waals surface area contributed by atoms with Crippen LogP contribution in [-0.2, 0) is 23.6 Å². The molecule has 2 N–H and O–H groups in total. The van der Waals surface area contributed by atoms with E-state index in [0.717, 1.165) is 12.0 Å². The van der Waals surface area contributed by atoms with E-state index in [1.165, 1.54) is 4.90 Å². The van der Waals surface area contributed by atoms with Crippen LogP contribution in [0.25, 0.3) is 0 Å². The Morgan fingerprint density at radius 1 is 0.971 bits per heavy atom. The van der Waals surface area contributed by atoms with E-state index in [4.69, 9.17) is 12.2 Å². The van der Waals surface area contributed by atoms with Crippen molar-refractivity contribution in [3.63, 3.8) is 0 Å². The molecule has 0 aliphatic carbocycles. The van der Waals surface area contributed by atoms with Gasteiger partial charge in [-0.05, 0) is 54.7 Å². The Balaban J connectivity index is 2.07. The summed E-state index contributed by atoms with van der Waals surface area (Å²) in [6.07, 6.45) is -8.48. The number of amides is 1. The van der Waals surface area contributed by atoms with Gasteiger partial charge in [-0.3, -0.25) is 4.79 Å². The van der Waals surface area contributed by atoms with Crippen molar-refractivity contribution in [1.82, 2.24) is 10.2 Å². The molecule has 0 unspecified atom stereocenters. The Bertz CT molecular complexity index is 976. The Morgan fingerprint density at radius 3 is 2.00 bits per heavy atom. The van der Waals surface area contributed by atoms with Crippen LogP contribution in [0, 0.1) is 5.92 Å². The Morgan fingerprint density at radius 2 is 1.51 bits per heavy atom.